The maximum absolute atomic E-state index is 12.6. The van der Waals surface area contributed by atoms with Crippen molar-refractivity contribution in [2.45, 2.75) is 25.7 Å². The van der Waals surface area contributed by atoms with Gasteiger partial charge in [-0.1, -0.05) is 35.9 Å². The minimum atomic E-state index is -0.194. The second-order valence-corrected chi connectivity index (χ2v) is 8.88. The second-order valence-electron chi connectivity index (χ2n) is 8.44. The van der Waals surface area contributed by atoms with E-state index in [2.05, 4.69) is 23.1 Å². The number of hydrogen-bond acceptors (Lipinski definition) is 4. The Morgan fingerprint density at radius 3 is 2.33 bits per heavy atom. The van der Waals surface area contributed by atoms with Crippen LogP contribution in [-0.2, 0) is 11.2 Å². The van der Waals surface area contributed by atoms with Gasteiger partial charge in [0.25, 0.3) is 11.8 Å². The third kappa shape index (κ3) is 3.98. The Labute approximate surface area is 198 Å². The summed E-state index contributed by atoms with van der Waals surface area (Å²) in [6.07, 6.45) is 9.54. The highest BCUT2D eigenvalue weighted by atomic mass is 35.5. The molecule has 33 heavy (non-hydrogen) atoms. The molecule has 2 amide bonds. The van der Waals surface area contributed by atoms with Gasteiger partial charge in [0.1, 0.15) is 5.76 Å². The van der Waals surface area contributed by atoms with E-state index in [1.165, 1.54) is 16.0 Å². The van der Waals surface area contributed by atoms with Gasteiger partial charge in [0.2, 0.25) is 0 Å². The Morgan fingerprint density at radius 1 is 0.939 bits per heavy atom. The van der Waals surface area contributed by atoms with Crippen molar-refractivity contribution in [3.8, 4) is 0 Å². The molecule has 2 aliphatic heterocycles. The third-order valence-corrected chi connectivity index (χ3v) is 6.71. The standard InChI is InChI=1S/C27H25ClN2O3/c1-33-21-12-13-24-19(16-21)9-8-18-10-11-20(28)17-25(18)29(24)14-4-5-15-30-26(31)22-6-2-3-7-23(22)27(30)32/h2-3,6-7,9-13,17H,4-5,8,14-16H2,1H3. The zero-order valence-corrected chi connectivity index (χ0v) is 19.3. The maximum atomic E-state index is 12.6. The van der Waals surface area contributed by atoms with Gasteiger partial charge in [-0.2, -0.15) is 0 Å². The first-order chi connectivity index (χ1) is 16.1. The van der Waals surface area contributed by atoms with Crippen molar-refractivity contribution in [3.05, 3.63) is 99.4 Å². The predicted molar refractivity (Wildman–Crippen MR) is 129 cm³/mol. The molecule has 168 valence electrons. The van der Waals surface area contributed by atoms with Gasteiger partial charge >= 0.3 is 0 Å². The molecule has 1 aliphatic carbocycles. The number of amides is 2. The van der Waals surface area contributed by atoms with Crippen LogP contribution in [0.5, 0.6) is 0 Å². The zero-order valence-electron chi connectivity index (χ0n) is 18.5. The molecule has 5 nitrogen and oxygen atoms in total. The minimum Gasteiger partial charge on any atom is -0.501 e. The lowest BCUT2D eigenvalue weighted by atomic mass is 10.0. The Balaban J connectivity index is 1.33. The lowest BCUT2D eigenvalue weighted by Gasteiger charge is -2.31. The molecule has 2 aromatic rings. The van der Waals surface area contributed by atoms with Crippen LogP contribution in [0.1, 0.15) is 45.5 Å². The van der Waals surface area contributed by atoms with Crippen LogP contribution in [0.15, 0.2) is 77.7 Å². The Bertz CT molecular complexity index is 1190. The molecule has 0 spiro atoms. The van der Waals surface area contributed by atoms with E-state index in [9.17, 15) is 9.59 Å². The fraction of sp³-hybridized carbons (Fsp3) is 0.259. The molecule has 0 fully saturated rings. The smallest absolute Gasteiger partial charge is 0.261 e. The lowest BCUT2D eigenvalue weighted by Crippen LogP contribution is -2.32. The molecule has 2 aromatic carbocycles. The number of benzene rings is 2. The van der Waals surface area contributed by atoms with Gasteiger partial charge in [-0.15, -0.1) is 0 Å². The first-order valence-electron chi connectivity index (χ1n) is 11.2. The summed E-state index contributed by atoms with van der Waals surface area (Å²) in [7, 11) is 1.70. The molecule has 3 aliphatic rings. The molecule has 0 saturated heterocycles. The quantitative estimate of drug-likeness (QED) is 0.420. The lowest BCUT2D eigenvalue weighted by molar-refractivity contribution is 0.0652. The third-order valence-electron chi connectivity index (χ3n) is 6.47. The Kier molecular flexibility index (Phi) is 5.81. The number of allylic oxidation sites excluding steroid dienone is 5. The first kappa shape index (κ1) is 21.5. The number of anilines is 1. The monoisotopic (exact) mass is 460 g/mol. The summed E-state index contributed by atoms with van der Waals surface area (Å²) >= 11 is 6.36. The van der Waals surface area contributed by atoms with Crippen LogP contribution in [0.4, 0.5) is 5.69 Å². The van der Waals surface area contributed by atoms with Crippen molar-refractivity contribution in [2.24, 2.45) is 0 Å². The normalized spacial score (nSPS) is 17.0. The summed E-state index contributed by atoms with van der Waals surface area (Å²) in [6, 6.07) is 13.1. The van der Waals surface area contributed by atoms with Gasteiger partial charge in [0.15, 0.2) is 0 Å². The largest absolute Gasteiger partial charge is 0.501 e. The van der Waals surface area contributed by atoms with E-state index in [4.69, 9.17) is 16.3 Å². The highest BCUT2D eigenvalue weighted by Crippen LogP contribution is 2.38. The Morgan fingerprint density at radius 2 is 1.64 bits per heavy atom. The number of rotatable bonds is 6. The van der Waals surface area contributed by atoms with Gasteiger partial charge in [-0.3, -0.25) is 14.5 Å². The van der Waals surface area contributed by atoms with Crippen LogP contribution in [0.25, 0.3) is 0 Å². The summed E-state index contributed by atoms with van der Waals surface area (Å²) in [4.78, 5) is 29.0. The maximum Gasteiger partial charge on any atom is 0.261 e. The number of methoxy groups -OCH3 is 1. The van der Waals surface area contributed by atoms with Crippen molar-refractivity contribution in [1.29, 1.82) is 0 Å². The van der Waals surface area contributed by atoms with Gasteiger partial charge in [0, 0.05) is 35.9 Å². The van der Waals surface area contributed by atoms with Gasteiger partial charge in [-0.05, 0) is 66.8 Å². The van der Waals surface area contributed by atoms with Crippen molar-refractivity contribution in [2.75, 3.05) is 25.1 Å². The first-order valence-corrected chi connectivity index (χ1v) is 11.6. The number of fused-ring (bicyclic) bond motifs is 3. The minimum absolute atomic E-state index is 0.194. The molecular weight excluding hydrogens is 436 g/mol. The predicted octanol–water partition coefficient (Wildman–Crippen LogP) is 5.52. The summed E-state index contributed by atoms with van der Waals surface area (Å²) in [5.74, 6) is 0.555. The summed E-state index contributed by atoms with van der Waals surface area (Å²) in [5.41, 5.74) is 5.72. The summed E-state index contributed by atoms with van der Waals surface area (Å²) in [5, 5.41) is 0.706. The fourth-order valence-electron chi connectivity index (χ4n) is 4.74. The van der Waals surface area contributed by atoms with Crippen LogP contribution in [0, 0.1) is 0 Å². The van der Waals surface area contributed by atoms with Crippen LogP contribution < -0.4 is 4.90 Å². The molecule has 0 unspecified atom stereocenters. The van der Waals surface area contributed by atoms with E-state index < -0.39 is 0 Å². The number of nitrogens with zero attached hydrogens (tertiary/aromatic N) is 2. The number of imide groups is 1. The number of unbranched alkanes of at least 4 members (excludes halogenated alkanes) is 1. The van der Waals surface area contributed by atoms with E-state index in [0.29, 0.717) is 22.7 Å². The number of hydrogen-bond donors (Lipinski definition) is 0. The highest BCUT2D eigenvalue weighted by Gasteiger charge is 2.34. The summed E-state index contributed by atoms with van der Waals surface area (Å²) < 4.78 is 5.48. The van der Waals surface area contributed by atoms with Crippen molar-refractivity contribution < 1.29 is 14.3 Å². The molecule has 0 atom stereocenters. The van der Waals surface area contributed by atoms with Gasteiger partial charge < -0.3 is 9.64 Å². The van der Waals surface area contributed by atoms with Crippen LogP contribution >= 0.6 is 11.6 Å². The van der Waals surface area contributed by atoms with Crippen molar-refractivity contribution in [3.63, 3.8) is 0 Å². The highest BCUT2D eigenvalue weighted by molar-refractivity contribution is 6.30. The van der Waals surface area contributed by atoms with Gasteiger partial charge in [-0.25, -0.2) is 0 Å². The van der Waals surface area contributed by atoms with Crippen LogP contribution in [0.2, 0.25) is 5.02 Å². The van der Waals surface area contributed by atoms with E-state index in [1.54, 1.807) is 31.4 Å². The van der Waals surface area contributed by atoms with E-state index in [0.717, 1.165) is 49.4 Å². The average Bonchev–Trinajstić information content (AvgIpc) is 2.98. The van der Waals surface area contributed by atoms with Crippen molar-refractivity contribution >= 4 is 29.1 Å². The van der Waals surface area contributed by atoms with E-state index >= 15 is 0 Å². The molecule has 0 radical (unpaired) electrons. The Hall–Kier alpha value is -3.31. The molecule has 0 saturated carbocycles. The molecule has 2 heterocycles. The second kappa shape index (κ2) is 8.91. The molecular formula is C27H25ClN2O3. The van der Waals surface area contributed by atoms with E-state index in [-0.39, 0.29) is 11.8 Å². The molecule has 6 heteroatoms. The van der Waals surface area contributed by atoms with Gasteiger partial charge in [0.05, 0.1) is 18.2 Å². The number of carbonyl (C=O) groups excluding carboxylic acids is 2. The number of halogens is 1. The molecule has 5 rings (SSSR count). The number of ether oxygens (including phenoxy) is 1. The topological polar surface area (TPSA) is 49.9 Å². The number of carbonyl (C=O) groups is 2. The van der Waals surface area contributed by atoms with Crippen LogP contribution in [0.3, 0.4) is 0 Å². The molecule has 0 aromatic heterocycles. The van der Waals surface area contributed by atoms with E-state index in [1.807, 2.05) is 18.2 Å². The fourth-order valence-corrected chi connectivity index (χ4v) is 4.91. The van der Waals surface area contributed by atoms with Crippen molar-refractivity contribution in [1.82, 2.24) is 4.90 Å². The summed E-state index contributed by atoms with van der Waals surface area (Å²) in [6.45, 7) is 1.17. The van der Waals surface area contributed by atoms with Crippen LogP contribution in [-0.4, -0.2) is 36.9 Å². The molecule has 0 N–H and O–H groups in total. The average molecular weight is 461 g/mol. The molecule has 0 bridgehead atoms. The zero-order chi connectivity index (χ0) is 22.9. The SMILES string of the molecule is COC1=CC=C2C(=CCc3ccc(Cl)cc3N2CCCCN2C(=O)c3ccccc3C2=O)C1.